The smallest absolute Gasteiger partial charge is 0.319 e. The Morgan fingerprint density at radius 2 is 2.38 bits per heavy atom. The zero-order valence-corrected chi connectivity index (χ0v) is 9.03. The maximum absolute atomic E-state index is 11.4. The Balaban J connectivity index is 2.60. The van der Waals surface area contributed by atoms with E-state index in [9.17, 15) is 4.79 Å². The molecule has 0 aliphatic rings. The maximum Gasteiger partial charge on any atom is 0.319 e. The predicted molar refractivity (Wildman–Crippen MR) is 63.1 cm³/mol. The van der Waals surface area contributed by atoms with Gasteiger partial charge in [0.1, 0.15) is 0 Å². The first-order valence-corrected chi connectivity index (χ1v) is 4.90. The first-order valence-electron chi connectivity index (χ1n) is 4.90. The Kier molecular flexibility index (Phi) is 4.37. The van der Waals surface area contributed by atoms with E-state index in [-0.39, 0.29) is 18.7 Å². The second kappa shape index (κ2) is 5.79. The zero-order chi connectivity index (χ0) is 12.0. The van der Waals surface area contributed by atoms with Crippen molar-refractivity contribution >= 4 is 11.7 Å². The molecule has 0 heterocycles. The third kappa shape index (κ3) is 3.64. The van der Waals surface area contributed by atoms with Crippen molar-refractivity contribution in [3.63, 3.8) is 0 Å². The SMILES string of the molecule is C#Cc1cccc(NC(=O)NC(C)CO)c1. The summed E-state index contributed by atoms with van der Waals surface area (Å²) >= 11 is 0. The zero-order valence-electron chi connectivity index (χ0n) is 9.03. The number of terminal acetylenes is 1. The van der Waals surface area contributed by atoms with Gasteiger partial charge in [-0.05, 0) is 25.1 Å². The van der Waals surface area contributed by atoms with Gasteiger partial charge in [0, 0.05) is 11.3 Å². The average molecular weight is 218 g/mol. The van der Waals surface area contributed by atoms with E-state index in [0.717, 1.165) is 0 Å². The molecule has 0 saturated heterocycles. The molecule has 1 unspecified atom stereocenters. The summed E-state index contributed by atoms with van der Waals surface area (Å²) in [5, 5.41) is 14.0. The molecule has 0 fully saturated rings. The van der Waals surface area contributed by atoms with Gasteiger partial charge in [0.15, 0.2) is 0 Å². The summed E-state index contributed by atoms with van der Waals surface area (Å²) in [5.74, 6) is 2.48. The van der Waals surface area contributed by atoms with Crippen molar-refractivity contribution in [1.82, 2.24) is 5.32 Å². The van der Waals surface area contributed by atoms with Crippen molar-refractivity contribution in [3.8, 4) is 12.3 Å². The van der Waals surface area contributed by atoms with E-state index in [1.807, 2.05) is 0 Å². The van der Waals surface area contributed by atoms with Gasteiger partial charge in [0.25, 0.3) is 0 Å². The van der Waals surface area contributed by atoms with Crippen LogP contribution in [0.2, 0.25) is 0 Å². The summed E-state index contributed by atoms with van der Waals surface area (Å²) in [5.41, 5.74) is 1.33. The molecule has 1 aromatic rings. The molecule has 4 heteroatoms. The Labute approximate surface area is 94.7 Å². The molecule has 3 N–H and O–H groups in total. The molecular formula is C12H14N2O2. The summed E-state index contributed by atoms with van der Waals surface area (Å²) in [6.07, 6.45) is 5.24. The summed E-state index contributed by atoms with van der Waals surface area (Å²) in [6, 6.07) is 6.33. The lowest BCUT2D eigenvalue weighted by molar-refractivity contribution is 0.229. The van der Waals surface area contributed by atoms with Crippen molar-refractivity contribution in [2.24, 2.45) is 0 Å². The monoisotopic (exact) mass is 218 g/mol. The minimum absolute atomic E-state index is 0.0994. The third-order valence-corrected chi connectivity index (χ3v) is 1.94. The molecule has 0 saturated carbocycles. The van der Waals surface area contributed by atoms with Crippen molar-refractivity contribution in [2.75, 3.05) is 11.9 Å². The first kappa shape index (κ1) is 12.1. The number of benzene rings is 1. The lowest BCUT2D eigenvalue weighted by atomic mass is 10.2. The van der Waals surface area contributed by atoms with Gasteiger partial charge in [-0.15, -0.1) is 6.42 Å². The molecule has 0 aromatic heterocycles. The number of anilines is 1. The molecule has 0 radical (unpaired) electrons. The second-order valence-corrected chi connectivity index (χ2v) is 3.41. The van der Waals surface area contributed by atoms with Crippen LogP contribution in [0.25, 0.3) is 0 Å². The fourth-order valence-electron chi connectivity index (χ4n) is 1.12. The van der Waals surface area contributed by atoms with E-state index in [1.165, 1.54) is 0 Å². The molecule has 1 aromatic carbocycles. The molecule has 1 rings (SSSR count). The predicted octanol–water partition coefficient (Wildman–Crippen LogP) is 1.17. The minimum Gasteiger partial charge on any atom is -0.394 e. The van der Waals surface area contributed by atoms with E-state index < -0.39 is 0 Å². The van der Waals surface area contributed by atoms with Crippen molar-refractivity contribution < 1.29 is 9.90 Å². The van der Waals surface area contributed by atoms with Crippen LogP contribution in [0.1, 0.15) is 12.5 Å². The topological polar surface area (TPSA) is 61.4 Å². The van der Waals surface area contributed by atoms with Crippen LogP contribution >= 0.6 is 0 Å². The highest BCUT2D eigenvalue weighted by Crippen LogP contribution is 2.09. The summed E-state index contributed by atoms with van der Waals surface area (Å²) in [7, 11) is 0. The normalized spacial score (nSPS) is 11.3. The fourth-order valence-corrected chi connectivity index (χ4v) is 1.12. The van der Waals surface area contributed by atoms with Gasteiger partial charge in [-0.25, -0.2) is 4.79 Å². The molecule has 0 bridgehead atoms. The molecule has 0 aliphatic heterocycles. The van der Waals surface area contributed by atoms with Gasteiger partial charge in [-0.1, -0.05) is 12.0 Å². The Morgan fingerprint density at radius 1 is 1.62 bits per heavy atom. The second-order valence-electron chi connectivity index (χ2n) is 3.41. The molecule has 0 aliphatic carbocycles. The number of carbonyl (C=O) groups is 1. The van der Waals surface area contributed by atoms with E-state index in [2.05, 4.69) is 16.6 Å². The van der Waals surface area contributed by atoms with Crippen LogP contribution in [0, 0.1) is 12.3 Å². The minimum atomic E-state index is -0.365. The standard InChI is InChI=1S/C12H14N2O2/c1-3-10-5-4-6-11(7-10)14-12(16)13-9(2)8-15/h1,4-7,9,15H,8H2,2H3,(H2,13,14,16). The largest absolute Gasteiger partial charge is 0.394 e. The van der Waals surface area contributed by atoms with E-state index in [4.69, 9.17) is 11.5 Å². The van der Waals surface area contributed by atoms with Gasteiger partial charge in [-0.3, -0.25) is 0 Å². The highest BCUT2D eigenvalue weighted by Gasteiger charge is 2.05. The quantitative estimate of drug-likeness (QED) is 0.667. The molecule has 16 heavy (non-hydrogen) atoms. The van der Waals surface area contributed by atoms with Crippen LogP contribution < -0.4 is 10.6 Å². The Bertz CT molecular complexity index is 410. The van der Waals surface area contributed by atoms with Crippen molar-refractivity contribution in [2.45, 2.75) is 13.0 Å². The molecule has 4 nitrogen and oxygen atoms in total. The Morgan fingerprint density at radius 3 is 3.00 bits per heavy atom. The summed E-state index contributed by atoms with van der Waals surface area (Å²) < 4.78 is 0. The molecular weight excluding hydrogens is 204 g/mol. The lowest BCUT2D eigenvalue weighted by Gasteiger charge is -2.11. The Hall–Kier alpha value is -1.99. The molecule has 1 atom stereocenters. The summed E-state index contributed by atoms with van der Waals surface area (Å²) in [6.45, 7) is 1.61. The van der Waals surface area contributed by atoms with Crippen molar-refractivity contribution in [3.05, 3.63) is 29.8 Å². The number of urea groups is 1. The molecule has 84 valence electrons. The third-order valence-electron chi connectivity index (χ3n) is 1.94. The number of aliphatic hydroxyl groups excluding tert-OH is 1. The van der Waals surface area contributed by atoms with Gasteiger partial charge in [0.05, 0.1) is 12.6 Å². The van der Waals surface area contributed by atoms with Crippen LogP contribution in [0.3, 0.4) is 0 Å². The van der Waals surface area contributed by atoms with Crippen LogP contribution in [0.5, 0.6) is 0 Å². The van der Waals surface area contributed by atoms with Crippen LogP contribution in [0.15, 0.2) is 24.3 Å². The van der Waals surface area contributed by atoms with Gasteiger partial charge < -0.3 is 15.7 Å². The van der Waals surface area contributed by atoms with E-state index in [1.54, 1.807) is 31.2 Å². The number of aliphatic hydroxyl groups is 1. The highest BCUT2D eigenvalue weighted by molar-refractivity contribution is 5.89. The van der Waals surface area contributed by atoms with Gasteiger partial charge >= 0.3 is 6.03 Å². The van der Waals surface area contributed by atoms with Gasteiger partial charge in [0.2, 0.25) is 0 Å². The number of hydrogen-bond donors (Lipinski definition) is 3. The summed E-state index contributed by atoms with van der Waals surface area (Å²) in [4.78, 5) is 11.4. The van der Waals surface area contributed by atoms with Crippen molar-refractivity contribution in [1.29, 1.82) is 0 Å². The average Bonchev–Trinajstić information content (AvgIpc) is 2.28. The van der Waals surface area contributed by atoms with Gasteiger partial charge in [-0.2, -0.15) is 0 Å². The van der Waals surface area contributed by atoms with Crippen LogP contribution in [0.4, 0.5) is 10.5 Å². The number of carbonyl (C=O) groups excluding carboxylic acids is 1. The van der Waals surface area contributed by atoms with Crippen LogP contribution in [-0.2, 0) is 0 Å². The molecule has 0 spiro atoms. The first-order chi connectivity index (χ1) is 7.65. The number of nitrogens with one attached hydrogen (secondary N) is 2. The van der Waals surface area contributed by atoms with E-state index in [0.29, 0.717) is 11.3 Å². The lowest BCUT2D eigenvalue weighted by Crippen LogP contribution is -2.38. The number of rotatable bonds is 3. The maximum atomic E-state index is 11.4. The number of hydrogen-bond acceptors (Lipinski definition) is 2. The number of amides is 2. The van der Waals surface area contributed by atoms with Crippen LogP contribution in [-0.4, -0.2) is 23.8 Å². The van der Waals surface area contributed by atoms with E-state index >= 15 is 0 Å². The highest BCUT2D eigenvalue weighted by atomic mass is 16.3. The fraction of sp³-hybridized carbons (Fsp3) is 0.250. The molecule has 2 amide bonds.